The fourth-order valence-electron chi connectivity index (χ4n) is 2.80. The van der Waals surface area contributed by atoms with Gasteiger partial charge in [0, 0.05) is 10.7 Å². The normalized spacial score (nSPS) is 15.0. The lowest BCUT2D eigenvalue weighted by Crippen LogP contribution is -2.45. The van der Waals surface area contributed by atoms with Crippen LogP contribution in [0.1, 0.15) is 34.6 Å². The van der Waals surface area contributed by atoms with Crippen LogP contribution >= 0.6 is 11.6 Å². The van der Waals surface area contributed by atoms with E-state index in [0.29, 0.717) is 10.7 Å². The van der Waals surface area contributed by atoms with Gasteiger partial charge in [-0.3, -0.25) is 19.3 Å². The summed E-state index contributed by atoms with van der Waals surface area (Å²) in [6, 6.07) is 11.7. The van der Waals surface area contributed by atoms with Crippen molar-refractivity contribution in [3.63, 3.8) is 0 Å². The summed E-state index contributed by atoms with van der Waals surface area (Å²) in [5, 5.41) is 3.03. The number of hydrogen-bond donors (Lipinski definition) is 1. The number of ether oxygens (including phenoxy) is 1. The molecule has 0 spiro atoms. The molecule has 8 heteroatoms. The zero-order valence-corrected chi connectivity index (χ0v) is 15.9. The molecular formula is C20H17ClN2O5. The molecule has 0 unspecified atom stereocenters. The van der Waals surface area contributed by atoms with Gasteiger partial charge in [0.15, 0.2) is 6.10 Å². The number of nitrogens with one attached hydrogen (secondary N) is 1. The second-order valence-electron chi connectivity index (χ2n) is 6.28. The van der Waals surface area contributed by atoms with Crippen LogP contribution in [0.2, 0.25) is 5.02 Å². The van der Waals surface area contributed by atoms with Crippen LogP contribution in [0.15, 0.2) is 48.5 Å². The van der Waals surface area contributed by atoms with Crippen molar-refractivity contribution in [2.24, 2.45) is 0 Å². The van der Waals surface area contributed by atoms with Crippen molar-refractivity contribution in [3.05, 3.63) is 64.7 Å². The first-order valence-corrected chi connectivity index (χ1v) is 8.91. The summed E-state index contributed by atoms with van der Waals surface area (Å²) in [6.07, 6.45) is -1.14. The molecule has 1 heterocycles. The topological polar surface area (TPSA) is 92.8 Å². The van der Waals surface area contributed by atoms with E-state index >= 15 is 0 Å². The van der Waals surface area contributed by atoms with Crippen LogP contribution in [0, 0.1) is 0 Å². The van der Waals surface area contributed by atoms with Crippen molar-refractivity contribution >= 4 is 41.0 Å². The zero-order valence-electron chi connectivity index (χ0n) is 15.1. The predicted molar refractivity (Wildman–Crippen MR) is 102 cm³/mol. The molecule has 28 heavy (non-hydrogen) atoms. The van der Waals surface area contributed by atoms with Crippen molar-refractivity contribution < 1.29 is 23.9 Å². The van der Waals surface area contributed by atoms with Crippen molar-refractivity contribution in [1.82, 2.24) is 4.90 Å². The van der Waals surface area contributed by atoms with Gasteiger partial charge in [0.05, 0.1) is 11.1 Å². The van der Waals surface area contributed by atoms with Gasteiger partial charge in [-0.25, -0.2) is 4.79 Å². The third-order valence-corrected chi connectivity index (χ3v) is 4.54. The highest BCUT2D eigenvalue weighted by molar-refractivity contribution is 6.30. The number of hydrogen-bond acceptors (Lipinski definition) is 5. The lowest BCUT2D eigenvalue weighted by molar-refractivity contribution is -0.156. The summed E-state index contributed by atoms with van der Waals surface area (Å²) in [5.74, 6) is -2.56. The highest BCUT2D eigenvalue weighted by Gasteiger charge is 2.41. The smallest absolute Gasteiger partial charge is 0.329 e. The van der Waals surface area contributed by atoms with Gasteiger partial charge in [-0.1, -0.05) is 29.8 Å². The summed E-state index contributed by atoms with van der Waals surface area (Å²) in [7, 11) is 0. The lowest BCUT2D eigenvalue weighted by Gasteiger charge is -2.22. The Bertz CT molecular complexity index is 940. The first kappa shape index (κ1) is 19.6. The van der Waals surface area contributed by atoms with Gasteiger partial charge in [0.2, 0.25) is 0 Å². The van der Waals surface area contributed by atoms with Crippen LogP contribution in [0.3, 0.4) is 0 Å². The highest BCUT2D eigenvalue weighted by atomic mass is 35.5. The number of fused-ring (bicyclic) bond motifs is 1. The fourth-order valence-corrected chi connectivity index (χ4v) is 2.99. The largest absolute Gasteiger partial charge is 0.451 e. The third kappa shape index (κ3) is 3.75. The van der Waals surface area contributed by atoms with Gasteiger partial charge in [-0.15, -0.1) is 0 Å². The molecule has 0 saturated carbocycles. The Kier molecular flexibility index (Phi) is 5.46. The molecule has 0 bridgehead atoms. The molecule has 7 nitrogen and oxygen atoms in total. The molecule has 3 amide bonds. The number of carbonyl (C=O) groups is 4. The number of esters is 1. The first-order chi connectivity index (χ1) is 13.3. The van der Waals surface area contributed by atoms with Crippen molar-refractivity contribution in [1.29, 1.82) is 0 Å². The van der Waals surface area contributed by atoms with E-state index < -0.39 is 35.8 Å². The summed E-state index contributed by atoms with van der Waals surface area (Å²) in [6.45, 7) is 2.78. The molecule has 0 aromatic heterocycles. The summed E-state index contributed by atoms with van der Waals surface area (Å²) < 4.78 is 5.15. The number of nitrogens with zero attached hydrogens (tertiary/aromatic N) is 1. The zero-order chi connectivity index (χ0) is 20.4. The van der Waals surface area contributed by atoms with Gasteiger partial charge in [-0.2, -0.15) is 0 Å². The molecule has 144 valence electrons. The molecule has 0 fully saturated rings. The van der Waals surface area contributed by atoms with Gasteiger partial charge in [-0.05, 0) is 44.2 Å². The van der Waals surface area contributed by atoms with Crippen molar-refractivity contribution in [2.75, 3.05) is 5.32 Å². The second-order valence-corrected chi connectivity index (χ2v) is 6.72. The van der Waals surface area contributed by atoms with E-state index in [4.69, 9.17) is 16.3 Å². The monoisotopic (exact) mass is 400 g/mol. The Morgan fingerprint density at radius 3 is 2.18 bits per heavy atom. The molecule has 1 N–H and O–H groups in total. The second kappa shape index (κ2) is 7.82. The number of rotatable bonds is 5. The van der Waals surface area contributed by atoms with E-state index in [-0.39, 0.29) is 11.1 Å². The minimum absolute atomic E-state index is 0.235. The van der Waals surface area contributed by atoms with Crippen LogP contribution in [-0.2, 0) is 14.3 Å². The summed E-state index contributed by atoms with van der Waals surface area (Å²) >= 11 is 5.87. The van der Waals surface area contributed by atoms with Gasteiger partial charge < -0.3 is 10.1 Å². The number of anilines is 1. The molecule has 0 aliphatic carbocycles. The molecular weight excluding hydrogens is 384 g/mol. The van der Waals surface area contributed by atoms with E-state index in [1.165, 1.54) is 26.0 Å². The standard InChI is InChI=1S/C20H17ClN2O5/c1-11(23-18(25)15-8-3-4-9-16(15)19(23)26)20(27)28-12(2)17(24)22-14-7-5-6-13(21)10-14/h3-12H,1-2H3,(H,22,24)/t11-,12-/m1/s1. The van der Waals surface area contributed by atoms with Crippen LogP contribution in [-0.4, -0.2) is 40.7 Å². The molecule has 2 aromatic rings. The lowest BCUT2D eigenvalue weighted by atomic mass is 10.1. The molecule has 2 aromatic carbocycles. The molecule has 1 aliphatic heterocycles. The van der Waals surface area contributed by atoms with Gasteiger partial charge >= 0.3 is 5.97 Å². The Labute approximate surface area is 166 Å². The van der Waals surface area contributed by atoms with E-state index in [9.17, 15) is 19.2 Å². The number of benzene rings is 2. The number of imide groups is 1. The van der Waals surface area contributed by atoms with Crippen LogP contribution in [0.25, 0.3) is 0 Å². The van der Waals surface area contributed by atoms with Gasteiger partial charge in [0.25, 0.3) is 17.7 Å². The molecule has 1 aliphatic rings. The Morgan fingerprint density at radius 1 is 1.00 bits per heavy atom. The number of carbonyl (C=O) groups excluding carboxylic acids is 4. The minimum atomic E-state index is -1.17. The molecule has 2 atom stereocenters. The highest BCUT2D eigenvalue weighted by Crippen LogP contribution is 2.25. The number of halogens is 1. The Morgan fingerprint density at radius 2 is 1.61 bits per heavy atom. The molecule has 0 saturated heterocycles. The Hall–Kier alpha value is -3.19. The van der Waals surface area contributed by atoms with Gasteiger partial charge in [0.1, 0.15) is 6.04 Å². The minimum Gasteiger partial charge on any atom is -0.451 e. The molecule has 3 rings (SSSR count). The van der Waals surface area contributed by atoms with E-state index in [2.05, 4.69) is 5.32 Å². The summed E-state index contributed by atoms with van der Waals surface area (Å²) in [5.41, 5.74) is 0.923. The number of amides is 3. The van der Waals surface area contributed by atoms with Crippen molar-refractivity contribution in [3.8, 4) is 0 Å². The van der Waals surface area contributed by atoms with Crippen LogP contribution < -0.4 is 5.32 Å². The van der Waals surface area contributed by atoms with Crippen LogP contribution in [0.5, 0.6) is 0 Å². The fraction of sp³-hybridized carbons (Fsp3) is 0.200. The summed E-state index contributed by atoms with van der Waals surface area (Å²) in [4.78, 5) is 50.4. The maximum Gasteiger partial charge on any atom is 0.329 e. The Balaban J connectivity index is 1.65. The SMILES string of the molecule is C[C@H](C(=O)O[C@H](C)C(=O)Nc1cccc(Cl)c1)N1C(=O)c2ccccc2C1=O. The quantitative estimate of drug-likeness (QED) is 0.615. The van der Waals surface area contributed by atoms with E-state index in [1.54, 1.807) is 36.4 Å². The maximum absolute atomic E-state index is 12.5. The average molecular weight is 401 g/mol. The van der Waals surface area contributed by atoms with Crippen LogP contribution in [0.4, 0.5) is 5.69 Å². The first-order valence-electron chi connectivity index (χ1n) is 8.53. The maximum atomic E-state index is 12.5. The van der Waals surface area contributed by atoms with Crippen molar-refractivity contribution in [2.45, 2.75) is 26.0 Å². The van der Waals surface area contributed by atoms with E-state index in [1.807, 2.05) is 0 Å². The van der Waals surface area contributed by atoms with E-state index in [0.717, 1.165) is 4.90 Å². The predicted octanol–water partition coefficient (Wildman–Crippen LogP) is 2.89. The molecule has 0 radical (unpaired) electrons. The average Bonchev–Trinajstić information content (AvgIpc) is 2.92. The third-order valence-electron chi connectivity index (χ3n) is 4.31.